The Bertz CT molecular complexity index is 1220. The molecule has 0 amide bonds. The average Bonchev–Trinajstić information content (AvgIpc) is 2.87. The van der Waals surface area contributed by atoms with Gasteiger partial charge in [-0.25, -0.2) is 9.97 Å². The number of nitrogens with zero attached hydrogens (tertiary/aromatic N) is 2. The molecule has 0 spiro atoms. The van der Waals surface area contributed by atoms with E-state index < -0.39 is 0 Å². The lowest BCUT2D eigenvalue weighted by atomic mass is 10.0. The average molecular weight is 444 g/mol. The molecule has 0 radical (unpaired) electrons. The smallest absolute Gasteiger partial charge is 0.162 e. The summed E-state index contributed by atoms with van der Waals surface area (Å²) in [4.78, 5) is 8.96. The van der Waals surface area contributed by atoms with Crippen molar-refractivity contribution in [2.24, 2.45) is 0 Å². The predicted molar refractivity (Wildman–Crippen MR) is 133 cm³/mol. The summed E-state index contributed by atoms with van der Waals surface area (Å²) >= 11 is 0. The van der Waals surface area contributed by atoms with Gasteiger partial charge in [-0.2, -0.15) is 0 Å². The summed E-state index contributed by atoms with van der Waals surface area (Å²) in [5.41, 5.74) is 3.79. The number of nitrogens with one attached hydrogen (secondary N) is 1. The Balaban J connectivity index is 1.77. The highest BCUT2D eigenvalue weighted by Crippen LogP contribution is 2.38. The van der Waals surface area contributed by atoms with Crippen LogP contribution in [0.25, 0.3) is 22.0 Å². The highest BCUT2D eigenvalue weighted by Gasteiger charge is 2.16. The van der Waals surface area contributed by atoms with Crippen molar-refractivity contribution in [1.29, 1.82) is 0 Å². The Morgan fingerprint density at radius 1 is 0.788 bits per heavy atom. The zero-order valence-electron chi connectivity index (χ0n) is 19.5. The number of anilines is 2. The van der Waals surface area contributed by atoms with Crippen LogP contribution in [-0.2, 0) is 0 Å². The monoisotopic (exact) mass is 443 g/mol. The zero-order valence-corrected chi connectivity index (χ0v) is 19.5. The number of fused-ring (bicyclic) bond motifs is 1. The summed E-state index contributed by atoms with van der Waals surface area (Å²) in [6.07, 6.45) is 3.48. The molecule has 4 rings (SSSR count). The van der Waals surface area contributed by atoms with Crippen molar-refractivity contribution in [1.82, 2.24) is 9.97 Å². The van der Waals surface area contributed by atoms with Crippen LogP contribution in [0.1, 0.15) is 26.7 Å². The van der Waals surface area contributed by atoms with Crippen molar-refractivity contribution >= 4 is 22.4 Å². The molecule has 0 saturated heterocycles. The molecule has 33 heavy (non-hydrogen) atoms. The maximum atomic E-state index is 6.24. The van der Waals surface area contributed by atoms with Gasteiger partial charge in [0.05, 0.1) is 31.5 Å². The molecule has 0 atom stereocenters. The lowest BCUT2D eigenvalue weighted by Crippen LogP contribution is -2.14. The number of aromatic nitrogens is 2. The summed E-state index contributed by atoms with van der Waals surface area (Å²) in [5, 5.41) is 4.29. The Morgan fingerprint density at radius 3 is 2.24 bits per heavy atom. The van der Waals surface area contributed by atoms with Gasteiger partial charge in [0, 0.05) is 11.5 Å². The molecule has 6 heteroatoms. The zero-order chi connectivity index (χ0) is 23.2. The van der Waals surface area contributed by atoms with Crippen molar-refractivity contribution in [3.63, 3.8) is 0 Å². The summed E-state index contributed by atoms with van der Waals surface area (Å²) in [7, 11) is 3.30. The van der Waals surface area contributed by atoms with Crippen molar-refractivity contribution < 1.29 is 14.2 Å². The first kappa shape index (κ1) is 22.4. The van der Waals surface area contributed by atoms with Crippen molar-refractivity contribution in [2.45, 2.75) is 32.8 Å². The van der Waals surface area contributed by atoms with Crippen LogP contribution in [0.4, 0.5) is 11.5 Å². The van der Waals surface area contributed by atoms with Crippen LogP contribution in [0.15, 0.2) is 67.0 Å². The molecule has 0 aliphatic heterocycles. The number of ether oxygens (including phenoxy) is 3. The minimum Gasteiger partial charge on any atom is -0.495 e. The van der Waals surface area contributed by atoms with Gasteiger partial charge in [0.1, 0.15) is 17.9 Å². The van der Waals surface area contributed by atoms with E-state index in [4.69, 9.17) is 14.2 Å². The van der Waals surface area contributed by atoms with Crippen molar-refractivity contribution in [2.75, 3.05) is 19.5 Å². The second kappa shape index (κ2) is 10.2. The van der Waals surface area contributed by atoms with Crippen LogP contribution in [-0.4, -0.2) is 30.3 Å². The Morgan fingerprint density at radius 2 is 1.55 bits per heavy atom. The van der Waals surface area contributed by atoms with Gasteiger partial charge in [-0.3, -0.25) is 0 Å². The van der Waals surface area contributed by atoms with Gasteiger partial charge in [-0.15, -0.1) is 0 Å². The second-order valence-corrected chi connectivity index (χ2v) is 7.70. The molecular weight excluding hydrogens is 414 g/mol. The Labute approximate surface area is 194 Å². The fraction of sp³-hybridized carbons (Fsp3) is 0.259. The van der Waals surface area contributed by atoms with Crippen LogP contribution in [0.3, 0.4) is 0 Å². The van der Waals surface area contributed by atoms with E-state index in [0.717, 1.165) is 46.3 Å². The maximum absolute atomic E-state index is 6.24. The maximum Gasteiger partial charge on any atom is 0.162 e. The van der Waals surface area contributed by atoms with Gasteiger partial charge in [0.2, 0.25) is 0 Å². The van der Waals surface area contributed by atoms with Crippen molar-refractivity contribution in [3.05, 3.63) is 67.0 Å². The number of benzene rings is 3. The van der Waals surface area contributed by atoms with Gasteiger partial charge in [0.25, 0.3) is 0 Å². The minimum absolute atomic E-state index is 0.111. The number of rotatable bonds is 9. The number of hydrogen-bond donors (Lipinski definition) is 1. The Kier molecular flexibility index (Phi) is 6.93. The molecule has 0 aliphatic carbocycles. The van der Waals surface area contributed by atoms with E-state index in [9.17, 15) is 0 Å². The van der Waals surface area contributed by atoms with Gasteiger partial charge in [-0.1, -0.05) is 50.2 Å². The van der Waals surface area contributed by atoms with E-state index in [0.29, 0.717) is 17.3 Å². The lowest BCUT2D eigenvalue weighted by molar-refractivity contribution is 0.185. The first-order valence-electron chi connectivity index (χ1n) is 11.2. The first-order valence-corrected chi connectivity index (χ1v) is 11.2. The quantitative estimate of drug-likeness (QED) is 0.313. The third-order valence-corrected chi connectivity index (χ3v) is 5.68. The van der Waals surface area contributed by atoms with Crippen LogP contribution < -0.4 is 19.5 Å². The van der Waals surface area contributed by atoms with Gasteiger partial charge < -0.3 is 19.5 Å². The molecule has 1 aromatic heterocycles. The lowest BCUT2D eigenvalue weighted by Gasteiger charge is -2.19. The van der Waals surface area contributed by atoms with Gasteiger partial charge >= 0.3 is 0 Å². The minimum atomic E-state index is 0.111. The molecule has 170 valence electrons. The molecule has 1 N–H and O–H groups in total. The third-order valence-electron chi connectivity index (χ3n) is 5.68. The molecule has 6 nitrogen and oxygen atoms in total. The van der Waals surface area contributed by atoms with Crippen molar-refractivity contribution in [3.8, 4) is 28.4 Å². The normalized spacial score (nSPS) is 10.9. The highest BCUT2D eigenvalue weighted by molar-refractivity contribution is 5.93. The van der Waals surface area contributed by atoms with E-state index in [1.807, 2.05) is 42.5 Å². The topological polar surface area (TPSA) is 65.5 Å². The standard InChI is InChI=1S/C27H29N3O3/c1-5-20(6-2)33-26-15-21-22(16-25(26)32-4)28-17-29-27(21)30-23-14-19(12-13-24(23)31-3)18-10-8-7-9-11-18/h7-17,20H,5-6H2,1-4H3,(H,28,29,30). The van der Waals surface area contributed by atoms with E-state index in [2.05, 4.69) is 47.3 Å². The predicted octanol–water partition coefficient (Wildman–Crippen LogP) is 6.63. The molecule has 0 aliphatic rings. The van der Waals surface area contributed by atoms with Gasteiger partial charge in [0.15, 0.2) is 11.5 Å². The third kappa shape index (κ3) is 4.85. The van der Waals surface area contributed by atoms with Crippen LogP contribution in [0.5, 0.6) is 17.2 Å². The van der Waals surface area contributed by atoms with E-state index in [1.54, 1.807) is 20.5 Å². The SMILES string of the molecule is CCC(CC)Oc1cc2c(Nc3cc(-c4ccccc4)ccc3OC)ncnc2cc1OC. The fourth-order valence-corrected chi connectivity index (χ4v) is 3.79. The summed E-state index contributed by atoms with van der Waals surface area (Å²) in [6, 6.07) is 20.1. The highest BCUT2D eigenvalue weighted by atomic mass is 16.5. The number of hydrogen-bond acceptors (Lipinski definition) is 6. The first-order chi connectivity index (χ1) is 16.2. The molecule has 0 fully saturated rings. The van der Waals surface area contributed by atoms with E-state index in [-0.39, 0.29) is 6.10 Å². The summed E-state index contributed by atoms with van der Waals surface area (Å²) in [5.74, 6) is 2.73. The van der Waals surface area contributed by atoms with Crippen LogP contribution >= 0.6 is 0 Å². The van der Waals surface area contributed by atoms with E-state index >= 15 is 0 Å². The van der Waals surface area contributed by atoms with E-state index in [1.165, 1.54) is 0 Å². The molecule has 0 bridgehead atoms. The molecule has 4 aromatic rings. The molecule has 0 unspecified atom stereocenters. The fourth-order valence-electron chi connectivity index (χ4n) is 3.79. The van der Waals surface area contributed by atoms with Gasteiger partial charge in [-0.05, 0) is 42.2 Å². The molecule has 1 heterocycles. The van der Waals surface area contributed by atoms with Crippen LogP contribution in [0.2, 0.25) is 0 Å². The molecule has 3 aromatic carbocycles. The largest absolute Gasteiger partial charge is 0.495 e. The molecular formula is C27H29N3O3. The number of methoxy groups -OCH3 is 2. The summed E-state index contributed by atoms with van der Waals surface area (Å²) < 4.78 is 17.4. The molecule has 0 saturated carbocycles. The second-order valence-electron chi connectivity index (χ2n) is 7.70. The summed E-state index contributed by atoms with van der Waals surface area (Å²) in [6.45, 7) is 4.23. The van der Waals surface area contributed by atoms with Crippen LogP contribution in [0, 0.1) is 0 Å². The Hall–Kier alpha value is -3.80.